The number of benzene rings is 1. The number of aryl methyl sites for hydroxylation is 1. The number of hydrogen-bond acceptors (Lipinski definition) is 4. The maximum atomic E-state index is 12.6. The van der Waals surface area contributed by atoms with Gasteiger partial charge in [0.2, 0.25) is 10.0 Å². The van der Waals surface area contributed by atoms with Crippen molar-refractivity contribution >= 4 is 10.0 Å². The van der Waals surface area contributed by atoms with E-state index in [4.69, 9.17) is 10.5 Å². The van der Waals surface area contributed by atoms with Crippen LogP contribution in [0.3, 0.4) is 0 Å². The van der Waals surface area contributed by atoms with E-state index in [-0.39, 0.29) is 12.6 Å². The molecule has 1 aliphatic rings. The summed E-state index contributed by atoms with van der Waals surface area (Å²) in [6.45, 7) is 5.21. The minimum atomic E-state index is -3.47. The summed E-state index contributed by atoms with van der Waals surface area (Å²) in [6, 6.07) is 4.99. The molecule has 114 valence electrons. The smallest absolute Gasteiger partial charge is 0.243 e. The van der Waals surface area contributed by atoms with Gasteiger partial charge < -0.3 is 10.5 Å². The van der Waals surface area contributed by atoms with Gasteiger partial charge in [0.25, 0.3) is 0 Å². The molecule has 1 aliphatic heterocycles. The van der Waals surface area contributed by atoms with E-state index in [9.17, 15) is 8.42 Å². The predicted molar refractivity (Wildman–Crippen MR) is 81.3 cm³/mol. The van der Waals surface area contributed by atoms with Crippen molar-refractivity contribution in [2.24, 2.45) is 5.73 Å². The summed E-state index contributed by atoms with van der Waals surface area (Å²) in [5, 5.41) is 0. The van der Waals surface area contributed by atoms with E-state index in [0.29, 0.717) is 24.6 Å². The van der Waals surface area contributed by atoms with Crippen molar-refractivity contribution in [1.29, 1.82) is 0 Å². The van der Waals surface area contributed by atoms with Crippen LogP contribution in [0.4, 0.5) is 0 Å². The fourth-order valence-electron chi connectivity index (χ4n) is 2.24. The van der Waals surface area contributed by atoms with E-state index in [2.05, 4.69) is 11.8 Å². The first-order valence-electron chi connectivity index (χ1n) is 6.86. The predicted octanol–water partition coefficient (Wildman–Crippen LogP) is 0.715. The normalized spacial score (nSPS) is 19.9. The SMILES string of the molecule is Cc1cc(S(=O)(=O)N2CCOC(C)C2)ccc1C#CCN. The third kappa shape index (κ3) is 3.63. The lowest BCUT2D eigenvalue weighted by atomic mass is 10.1. The first-order valence-corrected chi connectivity index (χ1v) is 8.30. The first-order chi connectivity index (χ1) is 9.95. The van der Waals surface area contributed by atoms with Gasteiger partial charge in [-0.05, 0) is 37.6 Å². The summed E-state index contributed by atoms with van der Waals surface area (Å²) in [7, 11) is -3.47. The molecule has 1 aromatic rings. The molecule has 0 spiro atoms. The zero-order valence-electron chi connectivity index (χ0n) is 12.3. The van der Waals surface area contributed by atoms with Crippen LogP contribution in [-0.4, -0.2) is 45.1 Å². The lowest BCUT2D eigenvalue weighted by Crippen LogP contribution is -2.44. The molecule has 2 N–H and O–H groups in total. The van der Waals surface area contributed by atoms with Crippen LogP contribution in [0, 0.1) is 18.8 Å². The minimum Gasteiger partial charge on any atom is -0.376 e. The highest BCUT2D eigenvalue weighted by Gasteiger charge is 2.29. The van der Waals surface area contributed by atoms with Crippen molar-refractivity contribution in [2.45, 2.75) is 24.8 Å². The number of morpholine rings is 1. The molecule has 0 saturated carbocycles. The average Bonchev–Trinajstić information content (AvgIpc) is 2.46. The number of sulfonamides is 1. The Morgan fingerprint density at radius 1 is 1.48 bits per heavy atom. The molecule has 1 aromatic carbocycles. The van der Waals surface area contributed by atoms with Gasteiger partial charge in [-0.1, -0.05) is 11.8 Å². The van der Waals surface area contributed by atoms with Crippen molar-refractivity contribution in [2.75, 3.05) is 26.2 Å². The molecular weight excluding hydrogens is 288 g/mol. The van der Waals surface area contributed by atoms with Gasteiger partial charge in [-0.2, -0.15) is 4.31 Å². The Bertz CT molecular complexity index is 674. The molecule has 0 radical (unpaired) electrons. The molecule has 0 aromatic heterocycles. The van der Waals surface area contributed by atoms with Crippen LogP contribution >= 0.6 is 0 Å². The maximum Gasteiger partial charge on any atom is 0.243 e. The molecule has 1 fully saturated rings. The van der Waals surface area contributed by atoms with Gasteiger partial charge in [0.05, 0.1) is 24.2 Å². The largest absolute Gasteiger partial charge is 0.376 e. The Labute approximate surface area is 126 Å². The highest BCUT2D eigenvalue weighted by Crippen LogP contribution is 2.21. The lowest BCUT2D eigenvalue weighted by molar-refractivity contribution is 0.0102. The van der Waals surface area contributed by atoms with Gasteiger partial charge >= 0.3 is 0 Å². The van der Waals surface area contributed by atoms with E-state index in [1.807, 2.05) is 13.8 Å². The molecule has 1 atom stereocenters. The van der Waals surface area contributed by atoms with Crippen LogP contribution in [0.1, 0.15) is 18.1 Å². The Hall–Kier alpha value is -1.39. The van der Waals surface area contributed by atoms with Gasteiger partial charge in [-0.25, -0.2) is 8.42 Å². The van der Waals surface area contributed by atoms with Gasteiger partial charge in [0.1, 0.15) is 0 Å². The highest BCUT2D eigenvalue weighted by atomic mass is 32.2. The van der Waals surface area contributed by atoms with E-state index < -0.39 is 10.0 Å². The second kappa shape index (κ2) is 6.58. The summed E-state index contributed by atoms with van der Waals surface area (Å²) in [4.78, 5) is 0.299. The Kier molecular flexibility index (Phi) is 5.01. The van der Waals surface area contributed by atoms with Gasteiger partial charge in [0, 0.05) is 18.7 Å². The summed E-state index contributed by atoms with van der Waals surface area (Å²) in [6.07, 6.45) is -0.0793. The molecule has 6 heteroatoms. The summed E-state index contributed by atoms with van der Waals surface area (Å²) in [5.74, 6) is 5.71. The van der Waals surface area contributed by atoms with Crippen molar-refractivity contribution < 1.29 is 13.2 Å². The van der Waals surface area contributed by atoms with Crippen LogP contribution in [0.5, 0.6) is 0 Å². The standard InChI is InChI=1S/C15H20N2O3S/c1-12-10-15(6-5-14(12)4-3-7-16)21(18,19)17-8-9-20-13(2)11-17/h5-6,10,13H,7-9,11,16H2,1-2H3. The molecule has 1 heterocycles. The molecule has 0 bridgehead atoms. The number of nitrogens with zero attached hydrogens (tertiary/aromatic N) is 1. The summed E-state index contributed by atoms with van der Waals surface area (Å²) >= 11 is 0. The molecule has 21 heavy (non-hydrogen) atoms. The zero-order chi connectivity index (χ0) is 15.5. The number of ether oxygens (including phenoxy) is 1. The van der Waals surface area contributed by atoms with Gasteiger partial charge in [0.15, 0.2) is 0 Å². The first kappa shape index (κ1) is 16.0. The second-order valence-corrected chi connectivity index (χ2v) is 6.97. The number of nitrogens with two attached hydrogens (primary N) is 1. The topological polar surface area (TPSA) is 72.6 Å². The van der Waals surface area contributed by atoms with Crippen LogP contribution in [0.25, 0.3) is 0 Å². The van der Waals surface area contributed by atoms with E-state index in [1.54, 1.807) is 18.2 Å². The third-order valence-corrected chi connectivity index (χ3v) is 5.23. The van der Waals surface area contributed by atoms with Crippen LogP contribution in [0.15, 0.2) is 23.1 Å². The molecular formula is C15H20N2O3S. The Balaban J connectivity index is 2.30. The quantitative estimate of drug-likeness (QED) is 0.817. The van der Waals surface area contributed by atoms with Crippen molar-refractivity contribution in [3.63, 3.8) is 0 Å². The molecule has 0 aliphatic carbocycles. The molecule has 1 saturated heterocycles. The molecule has 5 nitrogen and oxygen atoms in total. The van der Waals surface area contributed by atoms with Crippen molar-refractivity contribution in [3.8, 4) is 11.8 Å². The monoisotopic (exact) mass is 308 g/mol. The molecule has 0 amide bonds. The molecule has 1 unspecified atom stereocenters. The number of hydrogen-bond donors (Lipinski definition) is 1. The van der Waals surface area contributed by atoms with Crippen LogP contribution in [0.2, 0.25) is 0 Å². The van der Waals surface area contributed by atoms with E-state index in [1.165, 1.54) is 4.31 Å². The van der Waals surface area contributed by atoms with Gasteiger partial charge in [-0.3, -0.25) is 0 Å². The van der Waals surface area contributed by atoms with Gasteiger partial charge in [-0.15, -0.1) is 0 Å². The minimum absolute atomic E-state index is 0.0793. The molecule has 2 rings (SSSR count). The third-order valence-electron chi connectivity index (χ3n) is 3.36. The fraction of sp³-hybridized carbons (Fsp3) is 0.467. The Morgan fingerprint density at radius 2 is 2.24 bits per heavy atom. The van der Waals surface area contributed by atoms with Crippen LogP contribution < -0.4 is 5.73 Å². The van der Waals surface area contributed by atoms with Crippen LogP contribution in [-0.2, 0) is 14.8 Å². The van der Waals surface area contributed by atoms with Crippen molar-refractivity contribution in [1.82, 2.24) is 4.31 Å². The second-order valence-electron chi connectivity index (χ2n) is 5.03. The van der Waals surface area contributed by atoms with E-state index in [0.717, 1.165) is 11.1 Å². The summed E-state index contributed by atoms with van der Waals surface area (Å²) in [5.41, 5.74) is 6.98. The maximum absolute atomic E-state index is 12.6. The Morgan fingerprint density at radius 3 is 2.86 bits per heavy atom. The zero-order valence-corrected chi connectivity index (χ0v) is 13.1. The lowest BCUT2D eigenvalue weighted by Gasteiger charge is -2.30. The average molecular weight is 308 g/mol. The fourth-order valence-corrected chi connectivity index (χ4v) is 3.82. The highest BCUT2D eigenvalue weighted by molar-refractivity contribution is 7.89. The summed E-state index contributed by atoms with van der Waals surface area (Å²) < 4.78 is 32.1. The van der Waals surface area contributed by atoms with Crippen molar-refractivity contribution in [3.05, 3.63) is 29.3 Å². The number of rotatable bonds is 2. The van der Waals surface area contributed by atoms with E-state index >= 15 is 0 Å².